The van der Waals surface area contributed by atoms with E-state index in [9.17, 15) is 0 Å². The van der Waals surface area contributed by atoms with Crippen molar-refractivity contribution in [1.82, 2.24) is 5.32 Å². The van der Waals surface area contributed by atoms with E-state index in [1.54, 1.807) is 0 Å². The number of likely N-dealkylation sites (N-methyl/N-ethyl adjacent to an activating group) is 1. The highest BCUT2D eigenvalue weighted by atomic mass is 16.5. The molecule has 0 amide bonds. The van der Waals surface area contributed by atoms with Crippen molar-refractivity contribution >= 4 is 0 Å². The summed E-state index contributed by atoms with van der Waals surface area (Å²) in [5, 5.41) is 3.18. The summed E-state index contributed by atoms with van der Waals surface area (Å²) >= 11 is 0. The second-order valence-electron chi connectivity index (χ2n) is 5.75. The van der Waals surface area contributed by atoms with E-state index < -0.39 is 0 Å². The Kier molecular flexibility index (Phi) is 4.58. The highest BCUT2D eigenvalue weighted by molar-refractivity contribution is 5.41. The van der Waals surface area contributed by atoms with Gasteiger partial charge >= 0.3 is 0 Å². The third-order valence-electron chi connectivity index (χ3n) is 2.93. The first-order chi connectivity index (χ1) is 7.84. The van der Waals surface area contributed by atoms with Crippen LogP contribution in [0.25, 0.3) is 0 Å². The van der Waals surface area contributed by atoms with E-state index in [1.165, 1.54) is 11.1 Å². The lowest BCUT2D eigenvalue weighted by molar-refractivity contribution is 0.273. The smallest absolute Gasteiger partial charge is 0.123 e. The summed E-state index contributed by atoms with van der Waals surface area (Å²) in [4.78, 5) is 0. The van der Waals surface area contributed by atoms with Crippen molar-refractivity contribution in [3.8, 4) is 5.75 Å². The first-order valence-corrected chi connectivity index (χ1v) is 6.26. The molecule has 1 unspecified atom stereocenters. The van der Waals surface area contributed by atoms with Gasteiger partial charge in [0.1, 0.15) is 12.4 Å². The summed E-state index contributed by atoms with van der Waals surface area (Å²) in [5.41, 5.74) is 2.63. The maximum absolute atomic E-state index is 5.93. The lowest BCUT2D eigenvalue weighted by Gasteiger charge is -2.24. The molecule has 0 spiro atoms. The molecule has 0 aliphatic carbocycles. The van der Waals surface area contributed by atoms with Crippen LogP contribution in [0.3, 0.4) is 0 Å². The van der Waals surface area contributed by atoms with Crippen molar-refractivity contribution in [2.75, 3.05) is 13.7 Å². The molecule has 0 aliphatic rings. The van der Waals surface area contributed by atoms with Gasteiger partial charge in [0, 0.05) is 6.04 Å². The van der Waals surface area contributed by atoms with Crippen molar-refractivity contribution in [2.45, 2.75) is 46.1 Å². The summed E-state index contributed by atoms with van der Waals surface area (Å²) in [6.45, 7) is 11.6. The Balaban J connectivity index is 2.92. The molecule has 0 fully saturated rings. The summed E-state index contributed by atoms with van der Waals surface area (Å²) in [7, 11) is 1.95. The van der Waals surface area contributed by atoms with Crippen LogP contribution in [0, 0.1) is 6.92 Å². The SMILES string of the molecule is CNC(C)COc1cc(C)ccc1C(C)(C)C. The second kappa shape index (κ2) is 5.54. The molecular formula is C15H25NO. The van der Waals surface area contributed by atoms with Crippen molar-refractivity contribution in [3.63, 3.8) is 0 Å². The maximum Gasteiger partial charge on any atom is 0.123 e. The van der Waals surface area contributed by atoms with E-state index in [0.29, 0.717) is 12.6 Å². The lowest BCUT2D eigenvalue weighted by atomic mass is 9.86. The minimum absolute atomic E-state index is 0.117. The van der Waals surface area contributed by atoms with Crippen molar-refractivity contribution in [2.24, 2.45) is 0 Å². The zero-order valence-corrected chi connectivity index (χ0v) is 11.9. The predicted molar refractivity (Wildman–Crippen MR) is 73.9 cm³/mol. The fourth-order valence-electron chi connectivity index (χ4n) is 1.67. The van der Waals surface area contributed by atoms with Crippen LogP contribution in [0.15, 0.2) is 18.2 Å². The Morgan fingerprint density at radius 2 is 1.94 bits per heavy atom. The summed E-state index contributed by atoms with van der Waals surface area (Å²) in [6, 6.07) is 6.82. The Labute approximate surface area is 105 Å². The number of rotatable bonds is 4. The first-order valence-electron chi connectivity index (χ1n) is 6.26. The molecule has 1 aromatic carbocycles. The Hall–Kier alpha value is -1.02. The lowest BCUT2D eigenvalue weighted by Crippen LogP contribution is -2.28. The van der Waals surface area contributed by atoms with Crippen LogP contribution in [0.1, 0.15) is 38.8 Å². The minimum Gasteiger partial charge on any atom is -0.492 e. The van der Waals surface area contributed by atoms with Crippen LogP contribution in [-0.2, 0) is 5.41 Å². The Morgan fingerprint density at radius 1 is 1.29 bits per heavy atom. The molecule has 1 N–H and O–H groups in total. The maximum atomic E-state index is 5.93. The monoisotopic (exact) mass is 235 g/mol. The fourth-order valence-corrected chi connectivity index (χ4v) is 1.67. The van der Waals surface area contributed by atoms with Gasteiger partial charge in [0.25, 0.3) is 0 Å². The van der Waals surface area contributed by atoms with Gasteiger partial charge in [0.15, 0.2) is 0 Å². The Bertz CT molecular complexity index is 366. The zero-order chi connectivity index (χ0) is 13.1. The highest BCUT2D eigenvalue weighted by Gasteiger charge is 2.19. The van der Waals surface area contributed by atoms with Crippen LogP contribution in [-0.4, -0.2) is 19.7 Å². The average molecular weight is 235 g/mol. The topological polar surface area (TPSA) is 21.3 Å². The molecule has 96 valence electrons. The normalized spacial score (nSPS) is 13.5. The fraction of sp³-hybridized carbons (Fsp3) is 0.600. The van der Waals surface area contributed by atoms with Crippen molar-refractivity contribution in [1.29, 1.82) is 0 Å². The third-order valence-corrected chi connectivity index (χ3v) is 2.93. The molecule has 2 nitrogen and oxygen atoms in total. The standard InChI is InChI=1S/C15H25NO/c1-11-7-8-13(15(3,4)5)14(9-11)17-10-12(2)16-6/h7-9,12,16H,10H2,1-6H3. The van der Waals surface area contributed by atoms with E-state index in [1.807, 2.05) is 7.05 Å². The van der Waals surface area contributed by atoms with E-state index in [4.69, 9.17) is 4.74 Å². The van der Waals surface area contributed by atoms with E-state index in [-0.39, 0.29) is 5.41 Å². The minimum atomic E-state index is 0.117. The van der Waals surface area contributed by atoms with Gasteiger partial charge < -0.3 is 10.1 Å². The van der Waals surface area contributed by atoms with Gasteiger partial charge in [-0.15, -0.1) is 0 Å². The van der Waals surface area contributed by atoms with Gasteiger partial charge in [0.2, 0.25) is 0 Å². The van der Waals surface area contributed by atoms with Crippen LogP contribution in [0.5, 0.6) is 5.75 Å². The van der Waals surface area contributed by atoms with Crippen LogP contribution in [0.4, 0.5) is 0 Å². The summed E-state index contributed by atoms with van der Waals surface area (Å²) < 4.78 is 5.93. The summed E-state index contributed by atoms with van der Waals surface area (Å²) in [6.07, 6.45) is 0. The number of hydrogen-bond donors (Lipinski definition) is 1. The number of ether oxygens (including phenoxy) is 1. The van der Waals surface area contributed by atoms with Gasteiger partial charge in [-0.25, -0.2) is 0 Å². The van der Waals surface area contributed by atoms with Gasteiger partial charge in [-0.1, -0.05) is 32.9 Å². The van der Waals surface area contributed by atoms with Crippen molar-refractivity contribution in [3.05, 3.63) is 29.3 Å². The molecule has 1 aromatic rings. The third kappa shape index (κ3) is 4.04. The second-order valence-corrected chi connectivity index (χ2v) is 5.75. The number of hydrogen-bond acceptors (Lipinski definition) is 2. The van der Waals surface area contributed by atoms with Crippen LogP contribution >= 0.6 is 0 Å². The van der Waals surface area contributed by atoms with Crippen LogP contribution in [0.2, 0.25) is 0 Å². The first kappa shape index (κ1) is 14.0. The van der Waals surface area contributed by atoms with E-state index in [0.717, 1.165) is 5.75 Å². The molecule has 2 heteroatoms. The molecule has 0 aromatic heterocycles. The van der Waals surface area contributed by atoms with Crippen molar-refractivity contribution < 1.29 is 4.74 Å². The molecule has 0 bridgehead atoms. The van der Waals surface area contributed by atoms with E-state index >= 15 is 0 Å². The van der Waals surface area contributed by atoms with E-state index in [2.05, 4.69) is 58.1 Å². The van der Waals surface area contributed by atoms with Gasteiger partial charge in [0.05, 0.1) is 0 Å². The highest BCUT2D eigenvalue weighted by Crippen LogP contribution is 2.32. The number of aryl methyl sites for hydroxylation is 1. The quantitative estimate of drug-likeness (QED) is 0.864. The molecule has 0 radical (unpaired) electrons. The number of benzene rings is 1. The largest absolute Gasteiger partial charge is 0.492 e. The molecule has 17 heavy (non-hydrogen) atoms. The molecular weight excluding hydrogens is 210 g/mol. The molecule has 0 aliphatic heterocycles. The molecule has 1 atom stereocenters. The van der Waals surface area contributed by atoms with Gasteiger partial charge in [-0.05, 0) is 43.5 Å². The average Bonchev–Trinajstić information content (AvgIpc) is 2.24. The van der Waals surface area contributed by atoms with Gasteiger partial charge in [-0.2, -0.15) is 0 Å². The predicted octanol–water partition coefficient (Wildman–Crippen LogP) is 3.28. The zero-order valence-electron chi connectivity index (χ0n) is 11.9. The molecule has 0 saturated heterocycles. The summed E-state index contributed by atoms with van der Waals surface area (Å²) in [5.74, 6) is 1.01. The molecule has 1 rings (SSSR count). The molecule has 0 saturated carbocycles. The number of nitrogens with one attached hydrogen (secondary N) is 1. The van der Waals surface area contributed by atoms with Crippen LogP contribution < -0.4 is 10.1 Å². The molecule has 0 heterocycles. The van der Waals surface area contributed by atoms with Gasteiger partial charge in [-0.3, -0.25) is 0 Å². The Morgan fingerprint density at radius 3 is 2.47 bits per heavy atom.